The number of esters is 1. The number of hydrogen-bond donors (Lipinski definition) is 0. The van der Waals surface area contributed by atoms with Gasteiger partial charge in [0.15, 0.2) is 11.5 Å². The van der Waals surface area contributed by atoms with Crippen LogP contribution in [0.3, 0.4) is 0 Å². The van der Waals surface area contributed by atoms with Crippen molar-refractivity contribution >= 4 is 27.7 Å². The molecular formula is C10H14BrN3O2. The molecule has 1 aromatic rings. The Balaban J connectivity index is 3.04. The minimum Gasteiger partial charge on any atom is -0.464 e. The summed E-state index contributed by atoms with van der Waals surface area (Å²) >= 11 is 3.30. The summed E-state index contributed by atoms with van der Waals surface area (Å²) < 4.78 is 5.12. The number of carbonyl (C=O) groups is 1. The number of halogens is 1. The summed E-state index contributed by atoms with van der Waals surface area (Å²) in [5, 5.41) is 0. The number of aromatic nitrogens is 2. The van der Waals surface area contributed by atoms with Crippen molar-refractivity contribution in [2.45, 2.75) is 13.8 Å². The summed E-state index contributed by atoms with van der Waals surface area (Å²) in [4.78, 5) is 21.6. The first kappa shape index (κ1) is 12.9. The predicted octanol–water partition coefficient (Wildman–Crippen LogP) is 1.87. The highest BCUT2D eigenvalue weighted by atomic mass is 79.9. The van der Waals surface area contributed by atoms with E-state index in [0.29, 0.717) is 4.60 Å². The summed E-state index contributed by atoms with van der Waals surface area (Å²) in [6.45, 7) is 5.74. The second kappa shape index (κ2) is 5.79. The lowest BCUT2D eigenvalue weighted by atomic mass is 10.4. The molecule has 0 bridgehead atoms. The van der Waals surface area contributed by atoms with Gasteiger partial charge in [0.2, 0.25) is 0 Å². The molecule has 1 heterocycles. The van der Waals surface area contributed by atoms with Crippen molar-refractivity contribution in [3.63, 3.8) is 0 Å². The molecule has 0 atom stereocenters. The fourth-order valence-corrected chi connectivity index (χ4v) is 1.84. The topological polar surface area (TPSA) is 55.3 Å². The molecule has 0 spiro atoms. The maximum absolute atomic E-state index is 11.2. The molecule has 16 heavy (non-hydrogen) atoms. The van der Waals surface area contributed by atoms with E-state index in [9.17, 15) is 4.79 Å². The van der Waals surface area contributed by atoms with E-state index < -0.39 is 5.97 Å². The first-order valence-corrected chi connectivity index (χ1v) is 5.79. The Morgan fingerprint density at radius 2 is 2.12 bits per heavy atom. The van der Waals surface area contributed by atoms with Gasteiger partial charge in [-0.05, 0) is 29.8 Å². The van der Waals surface area contributed by atoms with Gasteiger partial charge in [0.1, 0.15) is 4.60 Å². The summed E-state index contributed by atoms with van der Waals surface area (Å²) in [5.41, 5.74) is 0.199. The van der Waals surface area contributed by atoms with Gasteiger partial charge in [-0.2, -0.15) is 0 Å². The van der Waals surface area contributed by atoms with Gasteiger partial charge in [-0.3, -0.25) is 0 Å². The Hall–Kier alpha value is -1.17. The minimum absolute atomic E-state index is 0.199. The van der Waals surface area contributed by atoms with Crippen molar-refractivity contribution in [3.05, 3.63) is 16.5 Å². The third-order valence-corrected chi connectivity index (χ3v) is 2.70. The van der Waals surface area contributed by atoms with Crippen LogP contribution in [0.4, 0.5) is 5.82 Å². The van der Waals surface area contributed by atoms with Gasteiger partial charge in [0, 0.05) is 13.1 Å². The van der Waals surface area contributed by atoms with Crippen molar-refractivity contribution in [3.8, 4) is 0 Å². The van der Waals surface area contributed by atoms with Crippen LogP contribution in [0.5, 0.6) is 0 Å². The molecule has 0 N–H and O–H groups in total. The smallest absolute Gasteiger partial charge is 0.358 e. The summed E-state index contributed by atoms with van der Waals surface area (Å²) in [5.74, 6) is 0.247. The summed E-state index contributed by atoms with van der Waals surface area (Å²) in [6, 6.07) is 0. The van der Waals surface area contributed by atoms with Crippen molar-refractivity contribution in [2.24, 2.45) is 0 Å². The molecule has 0 unspecified atom stereocenters. The van der Waals surface area contributed by atoms with Crippen LogP contribution >= 0.6 is 15.9 Å². The molecule has 1 rings (SSSR count). The number of nitrogens with zero attached hydrogens (tertiary/aromatic N) is 3. The van der Waals surface area contributed by atoms with Gasteiger partial charge in [0.25, 0.3) is 0 Å². The van der Waals surface area contributed by atoms with Gasteiger partial charge >= 0.3 is 5.97 Å². The SMILES string of the molecule is CCN(CC)c1ncc(C(=O)OC)nc1Br. The first-order valence-electron chi connectivity index (χ1n) is 4.99. The van der Waals surface area contributed by atoms with Gasteiger partial charge in [-0.15, -0.1) is 0 Å². The van der Waals surface area contributed by atoms with Crippen LogP contribution < -0.4 is 4.90 Å². The monoisotopic (exact) mass is 287 g/mol. The highest BCUT2D eigenvalue weighted by molar-refractivity contribution is 9.10. The predicted molar refractivity (Wildman–Crippen MR) is 64.6 cm³/mol. The van der Waals surface area contributed by atoms with Crippen molar-refractivity contribution in [1.29, 1.82) is 0 Å². The number of rotatable bonds is 4. The molecule has 0 amide bonds. The van der Waals surface area contributed by atoms with E-state index in [0.717, 1.165) is 18.9 Å². The van der Waals surface area contributed by atoms with Crippen molar-refractivity contribution in [1.82, 2.24) is 9.97 Å². The molecule has 0 aliphatic heterocycles. The lowest BCUT2D eigenvalue weighted by Crippen LogP contribution is -2.24. The van der Waals surface area contributed by atoms with E-state index in [2.05, 4.69) is 30.6 Å². The Kier molecular flexibility index (Phi) is 4.67. The second-order valence-electron chi connectivity index (χ2n) is 3.03. The molecule has 0 aromatic carbocycles. The zero-order valence-corrected chi connectivity index (χ0v) is 11.1. The van der Waals surface area contributed by atoms with Crippen LogP contribution in [-0.4, -0.2) is 36.1 Å². The number of carbonyl (C=O) groups excluding carboxylic acids is 1. The lowest BCUT2D eigenvalue weighted by molar-refractivity contribution is 0.0593. The number of anilines is 1. The van der Waals surface area contributed by atoms with E-state index in [1.165, 1.54) is 13.3 Å². The van der Waals surface area contributed by atoms with E-state index in [4.69, 9.17) is 0 Å². The second-order valence-corrected chi connectivity index (χ2v) is 3.78. The molecule has 0 saturated heterocycles. The standard InChI is InChI=1S/C10H14BrN3O2/c1-4-14(5-2)9-8(11)13-7(6-12-9)10(15)16-3/h6H,4-5H2,1-3H3. The van der Waals surface area contributed by atoms with Gasteiger partial charge in [-0.1, -0.05) is 0 Å². The molecule has 5 nitrogen and oxygen atoms in total. The summed E-state index contributed by atoms with van der Waals surface area (Å²) in [7, 11) is 1.32. The average molecular weight is 288 g/mol. The number of hydrogen-bond acceptors (Lipinski definition) is 5. The molecule has 0 aliphatic carbocycles. The maximum atomic E-state index is 11.2. The van der Waals surface area contributed by atoms with E-state index in [1.807, 2.05) is 18.7 Å². The summed E-state index contributed by atoms with van der Waals surface area (Å²) in [6.07, 6.45) is 1.42. The van der Waals surface area contributed by atoms with Crippen LogP contribution in [0, 0.1) is 0 Å². The zero-order chi connectivity index (χ0) is 12.1. The lowest BCUT2D eigenvalue weighted by Gasteiger charge is -2.20. The van der Waals surface area contributed by atoms with Gasteiger partial charge < -0.3 is 9.64 Å². The fraction of sp³-hybridized carbons (Fsp3) is 0.500. The first-order chi connectivity index (χ1) is 7.63. The van der Waals surface area contributed by atoms with Crippen LogP contribution in [0.1, 0.15) is 24.3 Å². The quantitative estimate of drug-likeness (QED) is 0.792. The molecule has 0 aliphatic rings. The van der Waals surface area contributed by atoms with Gasteiger partial charge in [0.05, 0.1) is 13.3 Å². The zero-order valence-electron chi connectivity index (χ0n) is 9.53. The van der Waals surface area contributed by atoms with Crippen LogP contribution in [-0.2, 0) is 4.74 Å². The van der Waals surface area contributed by atoms with E-state index in [-0.39, 0.29) is 5.69 Å². The average Bonchev–Trinajstić information content (AvgIpc) is 2.31. The highest BCUT2D eigenvalue weighted by Gasteiger charge is 2.14. The number of methoxy groups -OCH3 is 1. The minimum atomic E-state index is -0.487. The largest absolute Gasteiger partial charge is 0.464 e. The Morgan fingerprint density at radius 3 is 2.56 bits per heavy atom. The van der Waals surface area contributed by atoms with Crippen LogP contribution in [0.25, 0.3) is 0 Å². The Labute approximate surface area is 103 Å². The maximum Gasteiger partial charge on any atom is 0.358 e. The van der Waals surface area contributed by atoms with E-state index >= 15 is 0 Å². The van der Waals surface area contributed by atoms with Crippen LogP contribution in [0.15, 0.2) is 10.8 Å². The Bertz CT molecular complexity index is 380. The molecule has 1 aromatic heterocycles. The van der Waals surface area contributed by atoms with Crippen molar-refractivity contribution < 1.29 is 9.53 Å². The molecule has 0 saturated carbocycles. The molecule has 88 valence electrons. The molecular weight excluding hydrogens is 274 g/mol. The van der Waals surface area contributed by atoms with E-state index in [1.54, 1.807) is 0 Å². The van der Waals surface area contributed by atoms with Gasteiger partial charge in [-0.25, -0.2) is 14.8 Å². The fourth-order valence-electron chi connectivity index (χ4n) is 1.30. The Morgan fingerprint density at radius 1 is 1.50 bits per heavy atom. The number of ether oxygens (including phenoxy) is 1. The highest BCUT2D eigenvalue weighted by Crippen LogP contribution is 2.21. The molecule has 6 heteroatoms. The molecule has 0 radical (unpaired) electrons. The normalized spacial score (nSPS) is 10.0. The third-order valence-electron chi connectivity index (χ3n) is 2.17. The third kappa shape index (κ3) is 2.69. The van der Waals surface area contributed by atoms with Crippen LogP contribution in [0.2, 0.25) is 0 Å². The van der Waals surface area contributed by atoms with Crippen molar-refractivity contribution in [2.75, 3.05) is 25.1 Å². The molecule has 0 fully saturated rings.